The van der Waals surface area contributed by atoms with Crippen molar-refractivity contribution in [2.24, 2.45) is 5.73 Å². The Kier molecular flexibility index (Phi) is 7.54. The zero-order chi connectivity index (χ0) is 26.4. The molecule has 10 nitrogen and oxygen atoms in total. The van der Waals surface area contributed by atoms with Crippen LogP contribution in [0.15, 0.2) is 78.2 Å². The molecule has 1 aliphatic rings. The Balaban J connectivity index is 1.57. The van der Waals surface area contributed by atoms with Crippen LogP contribution in [0.5, 0.6) is 23.0 Å². The number of rotatable bonds is 9. The first kappa shape index (κ1) is 25.1. The van der Waals surface area contributed by atoms with Gasteiger partial charge in [0.2, 0.25) is 5.88 Å². The highest BCUT2D eigenvalue weighted by atomic mass is 16.6. The first-order valence-electron chi connectivity index (χ1n) is 11.4. The van der Waals surface area contributed by atoms with E-state index in [-0.39, 0.29) is 28.6 Å². The van der Waals surface area contributed by atoms with E-state index in [0.29, 0.717) is 23.7 Å². The van der Waals surface area contributed by atoms with Crippen molar-refractivity contribution in [3.05, 3.63) is 99.4 Å². The van der Waals surface area contributed by atoms with E-state index in [0.717, 1.165) is 12.0 Å². The lowest BCUT2D eigenvalue weighted by atomic mass is 9.83. The van der Waals surface area contributed by atoms with Crippen LogP contribution in [0.4, 0.5) is 5.69 Å². The molecule has 0 spiro atoms. The molecule has 37 heavy (non-hydrogen) atoms. The van der Waals surface area contributed by atoms with Crippen molar-refractivity contribution in [2.75, 3.05) is 13.2 Å². The highest BCUT2D eigenvalue weighted by molar-refractivity contribution is 5.74. The van der Waals surface area contributed by atoms with Crippen molar-refractivity contribution in [3.63, 3.8) is 0 Å². The number of hydrogen-bond acceptors (Lipinski definition) is 9. The summed E-state index contributed by atoms with van der Waals surface area (Å²) in [5.74, 6) is -0.335. The van der Waals surface area contributed by atoms with Crippen LogP contribution in [-0.2, 0) is 4.79 Å². The van der Waals surface area contributed by atoms with Gasteiger partial charge >= 0.3 is 11.7 Å². The van der Waals surface area contributed by atoms with Gasteiger partial charge in [0.1, 0.15) is 28.9 Å². The maximum atomic E-state index is 12.4. The molecule has 1 unspecified atom stereocenters. The third-order valence-corrected chi connectivity index (χ3v) is 5.52. The first-order valence-corrected chi connectivity index (χ1v) is 11.4. The van der Waals surface area contributed by atoms with Crippen molar-refractivity contribution < 1.29 is 28.7 Å². The van der Waals surface area contributed by atoms with E-state index < -0.39 is 23.4 Å². The van der Waals surface area contributed by atoms with Crippen LogP contribution in [-0.4, -0.2) is 24.1 Å². The molecule has 0 aliphatic carbocycles. The van der Waals surface area contributed by atoms with Crippen LogP contribution >= 0.6 is 0 Å². The zero-order valence-electron chi connectivity index (χ0n) is 19.9. The van der Waals surface area contributed by atoms with Crippen molar-refractivity contribution in [3.8, 4) is 29.1 Å². The molecule has 0 radical (unpaired) electrons. The molecule has 188 valence electrons. The number of nitro benzene ring substituents is 1. The fraction of sp³-hybridized carbons (Fsp3) is 0.185. The molecule has 0 aromatic heterocycles. The number of hydrogen-bond donors (Lipinski definition) is 1. The average molecular weight is 501 g/mol. The lowest BCUT2D eigenvalue weighted by Gasteiger charge is -2.28. The molecule has 10 heteroatoms. The molecule has 3 aromatic rings. The summed E-state index contributed by atoms with van der Waals surface area (Å²) in [6, 6.07) is 20.0. The minimum absolute atomic E-state index is 0.0491. The van der Waals surface area contributed by atoms with E-state index in [2.05, 4.69) is 6.07 Å². The quantitative estimate of drug-likeness (QED) is 0.192. The maximum absolute atomic E-state index is 12.4. The SMILES string of the molecule is CCCOc1ccccc1C1C(C#N)=C(N)Oc2cc(OC(=O)COc3ccccc3[N+](=O)[O-])ccc21. The second-order valence-corrected chi connectivity index (χ2v) is 8.00. The summed E-state index contributed by atoms with van der Waals surface area (Å²) in [5.41, 5.74) is 7.47. The third-order valence-electron chi connectivity index (χ3n) is 5.52. The fourth-order valence-electron chi connectivity index (χ4n) is 3.91. The van der Waals surface area contributed by atoms with E-state index in [9.17, 15) is 20.2 Å². The van der Waals surface area contributed by atoms with Gasteiger partial charge in [0, 0.05) is 23.3 Å². The van der Waals surface area contributed by atoms with Gasteiger partial charge in [-0.25, -0.2) is 4.79 Å². The van der Waals surface area contributed by atoms with Crippen LogP contribution in [0, 0.1) is 21.4 Å². The summed E-state index contributed by atoms with van der Waals surface area (Å²) < 4.78 is 22.2. The molecule has 3 aromatic carbocycles. The summed E-state index contributed by atoms with van der Waals surface area (Å²) in [6.07, 6.45) is 0.817. The van der Waals surface area contributed by atoms with Crippen molar-refractivity contribution in [2.45, 2.75) is 19.3 Å². The molecule has 4 rings (SSSR count). The Morgan fingerprint density at radius 2 is 1.81 bits per heavy atom. The normalized spacial score (nSPS) is 14.1. The Morgan fingerprint density at radius 1 is 1.08 bits per heavy atom. The predicted molar refractivity (Wildman–Crippen MR) is 132 cm³/mol. The Hall–Kier alpha value is -5.04. The van der Waals surface area contributed by atoms with Gasteiger partial charge in [0.15, 0.2) is 12.4 Å². The Labute approximate surface area is 212 Å². The van der Waals surface area contributed by atoms with Gasteiger partial charge in [0.05, 0.1) is 17.4 Å². The molecule has 0 saturated heterocycles. The van der Waals surface area contributed by atoms with E-state index in [1.54, 1.807) is 18.2 Å². The van der Waals surface area contributed by atoms with Gasteiger partial charge in [-0.2, -0.15) is 5.26 Å². The second kappa shape index (κ2) is 11.1. The number of nitrogens with zero attached hydrogens (tertiary/aromatic N) is 2. The van der Waals surface area contributed by atoms with Gasteiger partial charge < -0.3 is 24.7 Å². The molecule has 0 fully saturated rings. The minimum Gasteiger partial charge on any atom is -0.493 e. The number of nitrogens with two attached hydrogens (primary N) is 1. The average Bonchev–Trinajstić information content (AvgIpc) is 2.90. The number of benzene rings is 3. The largest absolute Gasteiger partial charge is 0.493 e. The number of carbonyl (C=O) groups excluding carboxylic acids is 1. The van der Waals surface area contributed by atoms with E-state index in [1.807, 2.05) is 31.2 Å². The number of esters is 1. The monoisotopic (exact) mass is 501 g/mol. The van der Waals surface area contributed by atoms with Crippen LogP contribution in [0.25, 0.3) is 0 Å². The topological polar surface area (TPSA) is 147 Å². The number of ether oxygens (including phenoxy) is 4. The van der Waals surface area contributed by atoms with Crippen molar-refractivity contribution in [1.82, 2.24) is 0 Å². The number of nitriles is 1. The summed E-state index contributed by atoms with van der Waals surface area (Å²) in [7, 11) is 0. The molecular weight excluding hydrogens is 478 g/mol. The number of carbonyl (C=O) groups is 1. The summed E-state index contributed by atoms with van der Waals surface area (Å²) in [4.78, 5) is 22.9. The molecule has 1 heterocycles. The Morgan fingerprint density at radius 3 is 2.54 bits per heavy atom. The minimum atomic E-state index is -0.773. The van der Waals surface area contributed by atoms with Crippen LogP contribution < -0.4 is 24.7 Å². The van der Waals surface area contributed by atoms with Gasteiger partial charge in [0.25, 0.3) is 0 Å². The molecule has 1 atom stereocenters. The lowest BCUT2D eigenvalue weighted by molar-refractivity contribution is -0.385. The first-order chi connectivity index (χ1) is 17.9. The molecule has 0 saturated carbocycles. The molecular formula is C27H23N3O7. The number of allylic oxidation sites excluding steroid dienone is 1. The molecule has 0 amide bonds. The third kappa shape index (κ3) is 5.46. The Bertz CT molecular complexity index is 1410. The molecule has 0 bridgehead atoms. The van der Waals surface area contributed by atoms with Crippen LogP contribution in [0.2, 0.25) is 0 Å². The molecule has 2 N–H and O–H groups in total. The number of fused-ring (bicyclic) bond motifs is 1. The highest BCUT2D eigenvalue weighted by Crippen LogP contribution is 2.45. The van der Waals surface area contributed by atoms with Crippen molar-refractivity contribution >= 4 is 11.7 Å². The summed E-state index contributed by atoms with van der Waals surface area (Å²) >= 11 is 0. The second-order valence-electron chi connectivity index (χ2n) is 8.00. The molecule has 1 aliphatic heterocycles. The van der Waals surface area contributed by atoms with Crippen LogP contribution in [0.1, 0.15) is 30.4 Å². The standard InChI is InChI=1S/C27H23N3O7/c1-2-13-34-22-9-5-3-7-18(22)26-19-12-11-17(14-24(19)37-27(29)20(26)15-28)36-25(31)16-35-23-10-6-4-8-21(23)30(32)33/h3-12,14,26H,2,13,16,29H2,1H3. The van der Waals surface area contributed by atoms with Crippen molar-refractivity contribution in [1.29, 1.82) is 5.26 Å². The summed E-state index contributed by atoms with van der Waals surface area (Å²) in [6.45, 7) is 1.96. The van der Waals surface area contributed by atoms with Crippen LogP contribution in [0.3, 0.4) is 0 Å². The maximum Gasteiger partial charge on any atom is 0.349 e. The highest BCUT2D eigenvalue weighted by Gasteiger charge is 2.33. The zero-order valence-corrected chi connectivity index (χ0v) is 19.9. The van der Waals surface area contributed by atoms with Gasteiger partial charge in [-0.3, -0.25) is 10.1 Å². The van der Waals surface area contributed by atoms with Gasteiger partial charge in [-0.15, -0.1) is 0 Å². The lowest BCUT2D eigenvalue weighted by Crippen LogP contribution is -2.22. The summed E-state index contributed by atoms with van der Waals surface area (Å²) in [5, 5.41) is 21.0. The fourth-order valence-corrected chi connectivity index (χ4v) is 3.91. The van der Waals surface area contributed by atoms with Gasteiger partial charge in [-0.05, 0) is 24.6 Å². The van der Waals surface area contributed by atoms with E-state index in [1.165, 1.54) is 24.3 Å². The number of para-hydroxylation sites is 3. The van der Waals surface area contributed by atoms with E-state index >= 15 is 0 Å². The number of nitro groups is 1. The van der Waals surface area contributed by atoms with Gasteiger partial charge in [-0.1, -0.05) is 43.3 Å². The van der Waals surface area contributed by atoms with E-state index in [4.69, 9.17) is 24.7 Å². The predicted octanol–water partition coefficient (Wildman–Crippen LogP) is 4.59. The smallest absolute Gasteiger partial charge is 0.349 e.